The first-order valence-corrected chi connectivity index (χ1v) is 6.97. The van der Waals surface area contributed by atoms with Crippen LogP contribution in [-0.4, -0.2) is 19.7 Å². The van der Waals surface area contributed by atoms with Crippen molar-refractivity contribution >= 4 is 17.0 Å². The smallest absolute Gasteiger partial charge is 0.293 e. The van der Waals surface area contributed by atoms with Crippen LogP contribution in [0.5, 0.6) is 0 Å². The van der Waals surface area contributed by atoms with E-state index in [-0.39, 0.29) is 17.7 Å². The number of aryl methyl sites for hydroxylation is 1. The lowest BCUT2D eigenvalue weighted by atomic mass is 9.98. The average Bonchev–Trinajstić information content (AvgIpc) is 2.84. The molecule has 0 amide bonds. The van der Waals surface area contributed by atoms with E-state index in [1.165, 1.54) is 22.9 Å². The molecule has 8 heteroatoms. The average molecular weight is 296 g/mol. The number of nitrogens with one attached hydrogen (secondary N) is 1. The van der Waals surface area contributed by atoms with Gasteiger partial charge < -0.3 is 0 Å². The van der Waals surface area contributed by atoms with Crippen molar-refractivity contribution in [3.8, 4) is 0 Å². The van der Waals surface area contributed by atoms with Crippen LogP contribution >= 0.6 is 11.3 Å². The van der Waals surface area contributed by atoms with E-state index in [9.17, 15) is 14.9 Å². The minimum Gasteiger partial charge on any atom is -0.293 e. The van der Waals surface area contributed by atoms with Gasteiger partial charge >= 0.3 is 11.2 Å². The number of aromatic amines is 1. The van der Waals surface area contributed by atoms with Gasteiger partial charge in [0.15, 0.2) is 0 Å². The third-order valence-corrected chi connectivity index (χ3v) is 4.12. The van der Waals surface area contributed by atoms with Crippen molar-refractivity contribution in [2.45, 2.75) is 39.7 Å². The Morgan fingerprint density at radius 2 is 2.15 bits per heavy atom. The predicted molar refractivity (Wildman–Crippen MR) is 76.4 cm³/mol. The van der Waals surface area contributed by atoms with Crippen molar-refractivity contribution in [3.63, 3.8) is 0 Å². The summed E-state index contributed by atoms with van der Waals surface area (Å²) in [6, 6.07) is 0. The van der Waals surface area contributed by atoms with Gasteiger partial charge in [0.25, 0.3) is 0 Å². The fourth-order valence-corrected chi connectivity index (χ4v) is 2.71. The first kappa shape index (κ1) is 14.4. The highest BCUT2D eigenvalue weighted by Gasteiger charge is 2.23. The monoisotopic (exact) mass is 296 g/mol. The summed E-state index contributed by atoms with van der Waals surface area (Å²) in [4.78, 5) is 26.5. The summed E-state index contributed by atoms with van der Waals surface area (Å²) in [6.45, 7) is 7.90. The molecule has 0 aromatic carbocycles. The van der Waals surface area contributed by atoms with Crippen molar-refractivity contribution in [3.05, 3.63) is 42.2 Å². The van der Waals surface area contributed by atoms with Gasteiger partial charge in [-0.25, -0.2) is 9.67 Å². The quantitative estimate of drug-likeness (QED) is 0.694. The topological polar surface area (TPSA) is 93.8 Å². The van der Waals surface area contributed by atoms with Gasteiger partial charge in [0.2, 0.25) is 0 Å². The highest BCUT2D eigenvalue weighted by Crippen LogP contribution is 2.25. The molecule has 108 valence electrons. The predicted octanol–water partition coefficient (Wildman–Crippen LogP) is 2.20. The van der Waals surface area contributed by atoms with Gasteiger partial charge in [-0.05, 0) is 6.92 Å². The number of rotatable bonds is 3. The third-order valence-electron chi connectivity index (χ3n) is 2.80. The van der Waals surface area contributed by atoms with Gasteiger partial charge in [-0.3, -0.25) is 20.0 Å². The fraction of sp³-hybridized carbons (Fsp3) is 0.500. The SMILES string of the molecule is Cc1[nH]n(Cc2csc(C(C)(C)C)n2)c(=O)c1[N+](=O)[O-]. The number of hydrogen-bond donors (Lipinski definition) is 1. The van der Waals surface area contributed by atoms with Crippen LogP contribution < -0.4 is 5.56 Å². The molecule has 0 aliphatic carbocycles. The zero-order valence-electron chi connectivity index (χ0n) is 11.8. The second-order valence-electron chi connectivity index (χ2n) is 5.63. The maximum Gasteiger partial charge on any atom is 0.355 e. The summed E-state index contributed by atoms with van der Waals surface area (Å²) >= 11 is 1.52. The molecular formula is C12H16N4O3S. The molecule has 0 spiro atoms. The minimum atomic E-state index is -0.660. The Morgan fingerprint density at radius 1 is 1.50 bits per heavy atom. The van der Waals surface area contributed by atoms with Crippen molar-refractivity contribution in [1.82, 2.24) is 14.8 Å². The van der Waals surface area contributed by atoms with E-state index >= 15 is 0 Å². The molecule has 0 aliphatic rings. The van der Waals surface area contributed by atoms with Crippen LogP contribution in [0.4, 0.5) is 5.69 Å². The first-order valence-electron chi connectivity index (χ1n) is 6.09. The molecule has 7 nitrogen and oxygen atoms in total. The second-order valence-corrected chi connectivity index (χ2v) is 6.49. The van der Waals surface area contributed by atoms with E-state index in [4.69, 9.17) is 0 Å². The zero-order valence-corrected chi connectivity index (χ0v) is 12.6. The summed E-state index contributed by atoms with van der Waals surface area (Å²) < 4.78 is 1.22. The molecule has 2 aromatic heterocycles. The molecular weight excluding hydrogens is 280 g/mol. The van der Waals surface area contributed by atoms with Crippen molar-refractivity contribution in [2.24, 2.45) is 0 Å². The summed E-state index contributed by atoms with van der Waals surface area (Å²) in [6.07, 6.45) is 0. The standard InChI is InChI=1S/C12H16N4O3S/c1-7-9(16(18)19)10(17)15(14-7)5-8-6-20-11(13-8)12(2,3)4/h6,14H,5H2,1-4H3. The lowest BCUT2D eigenvalue weighted by molar-refractivity contribution is -0.386. The van der Waals surface area contributed by atoms with Crippen molar-refractivity contribution in [1.29, 1.82) is 0 Å². The molecule has 1 N–H and O–H groups in total. The maximum absolute atomic E-state index is 11.9. The van der Waals surface area contributed by atoms with Crippen LogP contribution in [0.2, 0.25) is 0 Å². The maximum atomic E-state index is 11.9. The summed E-state index contributed by atoms with van der Waals surface area (Å²) in [5, 5.41) is 16.4. The normalized spacial score (nSPS) is 11.8. The number of H-pyrrole nitrogens is 1. The Labute approximate surface area is 119 Å². The molecule has 2 heterocycles. The summed E-state index contributed by atoms with van der Waals surface area (Å²) in [5.74, 6) is 0. The third kappa shape index (κ3) is 2.64. The molecule has 2 aromatic rings. The lowest BCUT2D eigenvalue weighted by Crippen LogP contribution is -2.19. The number of hydrogen-bond acceptors (Lipinski definition) is 5. The van der Waals surface area contributed by atoms with Gasteiger partial charge in [-0.1, -0.05) is 20.8 Å². The molecule has 2 rings (SSSR count). The van der Waals surface area contributed by atoms with Crippen molar-refractivity contribution < 1.29 is 4.92 Å². The minimum absolute atomic E-state index is 0.0501. The Morgan fingerprint density at radius 3 is 2.60 bits per heavy atom. The van der Waals surface area contributed by atoms with Crippen LogP contribution in [0.3, 0.4) is 0 Å². The van der Waals surface area contributed by atoms with Crippen LogP contribution in [0.25, 0.3) is 0 Å². The number of aromatic nitrogens is 3. The summed E-state index contributed by atoms with van der Waals surface area (Å²) in [5.41, 5.74) is -0.107. The van der Waals surface area contributed by atoms with Gasteiger partial charge in [-0.2, -0.15) is 0 Å². The van der Waals surface area contributed by atoms with Crippen LogP contribution in [0, 0.1) is 17.0 Å². The van der Waals surface area contributed by atoms with E-state index in [2.05, 4.69) is 30.9 Å². The molecule has 0 aliphatic heterocycles. The van der Waals surface area contributed by atoms with E-state index in [0.29, 0.717) is 0 Å². The molecule has 0 saturated carbocycles. The fourth-order valence-electron chi connectivity index (χ4n) is 1.81. The highest BCUT2D eigenvalue weighted by molar-refractivity contribution is 7.09. The van der Waals surface area contributed by atoms with Gasteiger partial charge in [0.05, 0.1) is 22.2 Å². The molecule has 0 fully saturated rings. The van der Waals surface area contributed by atoms with E-state index < -0.39 is 16.2 Å². The Bertz CT molecular complexity index is 705. The van der Waals surface area contributed by atoms with Crippen LogP contribution in [-0.2, 0) is 12.0 Å². The molecule has 20 heavy (non-hydrogen) atoms. The Balaban J connectivity index is 2.32. The van der Waals surface area contributed by atoms with Gasteiger partial charge in [0, 0.05) is 10.8 Å². The molecule has 0 unspecified atom stereocenters. The molecule has 0 saturated heterocycles. The zero-order chi connectivity index (χ0) is 15.1. The van der Waals surface area contributed by atoms with Crippen LogP contribution in [0.15, 0.2) is 10.2 Å². The Hall–Kier alpha value is -1.96. The molecule has 0 atom stereocenters. The van der Waals surface area contributed by atoms with Crippen molar-refractivity contribution in [2.75, 3.05) is 0 Å². The van der Waals surface area contributed by atoms with E-state index in [1.54, 1.807) is 0 Å². The van der Waals surface area contributed by atoms with Crippen LogP contribution in [0.1, 0.15) is 37.2 Å². The van der Waals surface area contributed by atoms with Gasteiger partial charge in [0.1, 0.15) is 5.69 Å². The molecule has 0 bridgehead atoms. The number of thiazole rings is 1. The molecule has 0 radical (unpaired) electrons. The first-order chi connectivity index (χ1) is 9.20. The van der Waals surface area contributed by atoms with Gasteiger partial charge in [-0.15, -0.1) is 11.3 Å². The summed E-state index contributed by atoms with van der Waals surface area (Å²) in [7, 11) is 0. The van der Waals surface area contributed by atoms with E-state index in [1.807, 2.05) is 5.38 Å². The number of nitrogens with zero attached hydrogens (tertiary/aromatic N) is 3. The highest BCUT2D eigenvalue weighted by atomic mass is 32.1. The number of nitro groups is 1. The largest absolute Gasteiger partial charge is 0.355 e. The Kier molecular flexibility index (Phi) is 3.51. The van der Waals surface area contributed by atoms with E-state index in [0.717, 1.165) is 10.7 Å². The second kappa shape index (κ2) is 4.86. The lowest BCUT2D eigenvalue weighted by Gasteiger charge is -2.13.